The number of hydrogen-bond acceptors (Lipinski definition) is 3. The van der Waals surface area contributed by atoms with Gasteiger partial charge in [-0.15, -0.1) is 0 Å². The summed E-state index contributed by atoms with van der Waals surface area (Å²) in [6.07, 6.45) is 2.85. The third kappa shape index (κ3) is 5.28. The Morgan fingerprint density at radius 1 is 1.16 bits per heavy atom. The summed E-state index contributed by atoms with van der Waals surface area (Å²) in [5, 5.41) is 0.662. The van der Waals surface area contributed by atoms with Crippen LogP contribution in [0.15, 0.2) is 16.7 Å². The van der Waals surface area contributed by atoms with Gasteiger partial charge in [0.15, 0.2) is 0 Å². The molecule has 19 heavy (non-hydrogen) atoms. The molecule has 0 saturated carbocycles. The molecule has 0 aliphatic heterocycles. The third-order valence-electron chi connectivity index (χ3n) is 3.27. The molecule has 0 spiro atoms. The fourth-order valence-corrected chi connectivity index (χ4v) is 2.97. The van der Waals surface area contributed by atoms with Crippen LogP contribution in [0.25, 0.3) is 0 Å². The first kappa shape index (κ1) is 16.7. The Labute approximate surface area is 130 Å². The average Bonchev–Trinajstić information content (AvgIpc) is 2.40. The van der Waals surface area contributed by atoms with Crippen LogP contribution in [0.5, 0.6) is 0 Å². The molecule has 0 amide bonds. The lowest BCUT2D eigenvalue weighted by Gasteiger charge is -2.25. The van der Waals surface area contributed by atoms with Gasteiger partial charge in [0.25, 0.3) is 0 Å². The molecule has 1 rings (SSSR count). The summed E-state index contributed by atoms with van der Waals surface area (Å²) >= 11 is 9.47. The van der Waals surface area contributed by atoms with E-state index < -0.39 is 0 Å². The molecule has 0 unspecified atom stereocenters. The molecule has 3 nitrogen and oxygen atoms in total. The van der Waals surface area contributed by atoms with Crippen molar-refractivity contribution < 1.29 is 0 Å². The van der Waals surface area contributed by atoms with E-state index in [4.69, 9.17) is 11.6 Å². The molecule has 0 radical (unpaired) electrons. The number of hydrogen-bond donors (Lipinski definition) is 0. The summed E-state index contributed by atoms with van der Waals surface area (Å²) in [4.78, 5) is 9.14. The lowest BCUT2D eigenvalue weighted by atomic mass is 10.3. The minimum atomic E-state index is 0.662. The first-order chi connectivity index (χ1) is 9.12. The summed E-state index contributed by atoms with van der Waals surface area (Å²) in [7, 11) is 0. The topological polar surface area (TPSA) is 19.4 Å². The van der Waals surface area contributed by atoms with Crippen LogP contribution in [0.4, 0.5) is 5.82 Å². The Bertz CT molecular complexity index is 383. The fourth-order valence-electron chi connectivity index (χ4n) is 2.08. The maximum absolute atomic E-state index is 5.93. The Balaban J connectivity index is 2.58. The minimum Gasteiger partial charge on any atom is -0.356 e. The molecule has 5 heteroatoms. The number of halogens is 2. The van der Waals surface area contributed by atoms with E-state index in [9.17, 15) is 0 Å². The van der Waals surface area contributed by atoms with Gasteiger partial charge in [-0.25, -0.2) is 4.98 Å². The van der Waals surface area contributed by atoms with Gasteiger partial charge in [-0.3, -0.25) is 0 Å². The Kier molecular flexibility index (Phi) is 7.73. The monoisotopic (exact) mass is 347 g/mol. The maximum atomic E-state index is 5.93. The van der Waals surface area contributed by atoms with Crippen molar-refractivity contribution in [1.82, 2.24) is 9.88 Å². The molecule has 0 saturated heterocycles. The first-order valence-electron chi connectivity index (χ1n) is 6.90. The molecule has 0 aliphatic carbocycles. The molecule has 1 heterocycles. The Hall–Kier alpha value is -0.320. The van der Waals surface area contributed by atoms with Gasteiger partial charge >= 0.3 is 0 Å². The molecule has 0 fully saturated rings. The highest BCUT2D eigenvalue weighted by Crippen LogP contribution is 2.26. The van der Waals surface area contributed by atoms with Gasteiger partial charge in [0.2, 0.25) is 0 Å². The quantitative estimate of drug-likeness (QED) is 0.706. The van der Waals surface area contributed by atoms with Crippen LogP contribution in [-0.2, 0) is 0 Å². The van der Waals surface area contributed by atoms with Crippen molar-refractivity contribution >= 4 is 33.3 Å². The van der Waals surface area contributed by atoms with E-state index >= 15 is 0 Å². The predicted octanol–water partition coefficient (Wildman–Crippen LogP) is 4.06. The van der Waals surface area contributed by atoms with Crippen molar-refractivity contribution in [2.24, 2.45) is 0 Å². The molecule has 0 N–H and O–H groups in total. The second kappa shape index (κ2) is 8.77. The Morgan fingerprint density at radius 3 is 2.37 bits per heavy atom. The zero-order chi connectivity index (χ0) is 14.3. The second-order valence-electron chi connectivity index (χ2n) is 4.42. The maximum Gasteiger partial charge on any atom is 0.142 e. The molecule has 1 aromatic heterocycles. The lowest BCUT2D eigenvalue weighted by Crippen LogP contribution is -2.30. The van der Waals surface area contributed by atoms with E-state index in [1.807, 2.05) is 6.07 Å². The standard InChI is InChI=1S/C14H23BrClN3/c1-4-18(5-2)8-7-9-19(6-3)14-13(15)10-12(16)11-17-14/h10-11H,4-9H2,1-3H3. The number of anilines is 1. The zero-order valence-electron chi connectivity index (χ0n) is 12.0. The number of pyridine rings is 1. The lowest BCUT2D eigenvalue weighted by molar-refractivity contribution is 0.300. The van der Waals surface area contributed by atoms with Gasteiger partial charge in [0, 0.05) is 19.3 Å². The molecule has 1 aromatic rings. The smallest absolute Gasteiger partial charge is 0.142 e. The van der Waals surface area contributed by atoms with Crippen molar-refractivity contribution in [2.45, 2.75) is 27.2 Å². The van der Waals surface area contributed by atoms with E-state index in [-0.39, 0.29) is 0 Å². The fraction of sp³-hybridized carbons (Fsp3) is 0.643. The highest BCUT2D eigenvalue weighted by molar-refractivity contribution is 9.10. The van der Waals surface area contributed by atoms with Crippen LogP contribution in [-0.4, -0.2) is 42.6 Å². The summed E-state index contributed by atoms with van der Waals surface area (Å²) in [5.74, 6) is 0.978. The zero-order valence-corrected chi connectivity index (χ0v) is 14.3. The molecular weight excluding hydrogens is 326 g/mol. The molecule has 0 aromatic carbocycles. The molecule has 0 bridgehead atoms. The van der Waals surface area contributed by atoms with Crippen LogP contribution in [0.2, 0.25) is 5.02 Å². The van der Waals surface area contributed by atoms with Crippen molar-refractivity contribution in [3.8, 4) is 0 Å². The van der Waals surface area contributed by atoms with E-state index in [0.717, 1.165) is 49.4 Å². The molecular formula is C14H23BrClN3. The van der Waals surface area contributed by atoms with Crippen molar-refractivity contribution in [3.05, 3.63) is 21.8 Å². The van der Waals surface area contributed by atoms with E-state index in [1.54, 1.807) is 6.20 Å². The largest absolute Gasteiger partial charge is 0.356 e. The number of rotatable bonds is 8. The van der Waals surface area contributed by atoms with Gasteiger partial charge in [0.05, 0.1) is 9.50 Å². The van der Waals surface area contributed by atoms with E-state index in [0.29, 0.717) is 5.02 Å². The summed E-state index contributed by atoms with van der Waals surface area (Å²) in [5.41, 5.74) is 0. The highest BCUT2D eigenvalue weighted by Gasteiger charge is 2.10. The van der Waals surface area contributed by atoms with Crippen LogP contribution in [0.1, 0.15) is 27.2 Å². The SMILES string of the molecule is CCN(CC)CCCN(CC)c1ncc(Cl)cc1Br. The predicted molar refractivity (Wildman–Crippen MR) is 87.2 cm³/mol. The normalized spacial score (nSPS) is 11.1. The van der Waals surface area contributed by atoms with Gasteiger partial charge in [-0.05, 0) is 55.0 Å². The van der Waals surface area contributed by atoms with Gasteiger partial charge < -0.3 is 9.80 Å². The van der Waals surface area contributed by atoms with Crippen LogP contribution < -0.4 is 4.90 Å². The van der Waals surface area contributed by atoms with Crippen LogP contribution in [0, 0.1) is 0 Å². The minimum absolute atomic E-state index is 0.662. The molecule has 0 atom stereocenters. The van der Waals surface area contributed by atoms with Gasteiger partial charge in [0.1, 0.15) is 5.82 Å². The summed E-state index contributed by atoms with van der Waals surface area (Å²) in [6, 6.07) is 1.90. The van der Waals surface area contributed by atoms with E-state index in [1.165, 1.54) is 0 Å². The van der Waals surface area contributed by atoms with Crippen molar-refractivity contribution in [1.29, 1.82) is 0 Å². The van der Waals surface area contributed by atoms with E-state index in [2.05, 4.69) is 51.5 Å². The van der Waals surface area contributed by atoms with Crippen molar-refractivity contribution in [2.75, 3.05) is 37.6 Å². The third-order valence-corrected chi connectivity index (χ3v) is 4.06. The second-order valence-corrected chi connectivity index (χ2v) is 5.71. The van der Waals surface area contributed by atoms with Crippen molar-refractivity contribution in [3.63, 3.8) is 0 Å². The van der Waals surface area contributed by atoms with Gasteiger partial charge in [-0.2, -0.15) is 0 Å². The van der Waals surface area contributed by atoms with Crippen LogP contribution >= 0.6 is 27.5 Å². The highest BCUT2D eigenvalue weighted by atomic mass is 79.9. The van der Waals surface area contributed by atoms with Crippen LogP contribution in [0.3, 0.4) is 0 Å². The summed E-state index contributed by atoms with van der Waals surface area (Å²) in [6.45, 7) is 11.9. The van der Waals surface area contributed by atoms with Gasteiger partial charge in [-0.1, -0.05) is 25.4 Å². The first-order valence-corrected chi connectivity index (χ1v) is 8.07. The number of nitrogens with zero attached hydrogens (tertiary/aromatic N) is 3. The summed E-state index contributed by atoms with van der Waals surface area (Å²) < 4.78 is 0.963. The molecule has 0 aliphatic rings. The average molecular weight is 349 g/mol. The molecule has 108 valence electrons. The number of aromatic nitrogens is 1. The Morgan fingerprint density at radius 2 is 1.84 bits per heavy atom.